The molecule has 1 heterocycles. The lowest BCUT2D eigenvalue weighted by atomic mass is 10.2. The molecule has 84 valence electrons. The van der Waals surface area contributed by atoms with Crippen molar-refractivity contribution in [3.05, 3.63) is 17.5 Å². The summed E-state index contributed by atoms with van der Waals surface area (Å²) in [5.41, 5.74) is 0.724. The first-order chi connectivity index (χ1) is 7.15. The first kappa shape index (κ1) is 11.7. The number of nitrogens with zero attached hydrogens (tertiary/aromatic N) is 1. The zero-order valence-electron chi connectivity index (χ0n) is 8.99. The summed E-state index contributed by atoms with van der Waals surface area (Å²) in [6, 6.07) is 0.0224. The van der Waals surface area contributed by atoms with Crippen LogP contribution in [0.1, 0.15) is 35.9 Å². The predicted molar refractivity (Wildman–Crippen MR) is 54.5 cm³/mol. The van der Waals surface area contributed by atoms with Gasteiger partial charge in [-0.2, -0.15) is 0 Å². The minimum Gasteiger partial charge on any atom is -0.396 e. The van der Waals surface area contributed by atoms with Crippen LogP contribution in [0.5, 0.6) is 0 Å². The Morgan fingerprint density at radius 1 is 1.73 bits per heavy atom. The highest BCUT2D eigenvalue weighted by molar-refractivity contribution is 5.92. The van der Waals surface area contributed by atoms with Crippen LogP contribution in [0.3, 0.4) is 0 Å². The van der Waals surface area contributed by atoms with Crippen molar-refractivity contribution in [1.82, 2.24) is 10.5 Å². The van der Waals surface area contributed by atoms with Gasteiger partial charge >= 0.3 is 0 Å². The molecule has 0 saturated carbocycles. The summed E-state index contributed by atoms with van der Waals surface area (Å²) in [6.07, 6.45) is 2.93. The molecule has 1 aromatic rings. The van der Waals surface area contributed by atoms with Gasteiger partial charge in [-0.05, 0) is 26.7 Å². The van der Waals surface area contributed by atoms with Gasteiger partial charge < -0.3 is 14.9 Å². The lowest BCUT2D eigenvalue weighted by Gasteiger charge is -2.11. The Hall–Kier alpha value is -1.36. The SMILES string of the molecule is Cc1cnoc1C(=O)NC(C)CCCO. The second-order valence-electron chi connectivity index (χ2n) is 3.58. The van der Waals surface area contributed by atoms with Crippen LogP contribution in [0, 0.1) is 6.92 Å². The van der Waals surface area contributed by atoms with Gasteiger partial charge in [-0.3, -0.25) is 4.79 Å². The average Bonchev–Trinajstić information content (AvgIpc) is 2.61. The lowest BCUT2D eigenvalue weighted by Crippen LogP contribution is -2.32. The van der Waals surface area contributed by atoms with E-state index in [0.717, 1.165) is 12.0 Å². The van der Waals surface area contributed by atoms with Gasteiger partial charge in [0, 0.05) is 18.2 Å². The largest absolute Gasteiger partial charge is 0.396 e. The first-order valence-corrected chi connectivity index (χ1v) is 4.98. The number of hydrogen-bond acceptors (Lipinski definition) is 4. The zero-order valence-corrected chi connectivity index (χ0v) is 8.99. The summed E-state index contributed by atoms with van der Waals surface area (Å²) in [7, 11) is 0. The predicted octanol–water partition coefficient (Wildman–Crippen LogP) is 0.874. The van der Waals surface area contributed by atoms with E-state index in [1.165, 1.54) is 6.20 Å². The van der Waals surface area contributed by atoms with E-state index in [-0.39, 0.29) is 24.3 Å². The summed E-state index contributed by atoms with van der Waals surface area (Å²) in [5, 5.41) is 14.9. The monoisotopic (exact) mass is 212 g/mol. The molecule has 0 spiro atoms. The van der Waals surface area contributed by atoms with Crippen molar-refractivity contribution >= 4 is 5.91 Å². The number of amides is 1. The van der Waals surface area contributed by atoms with E-state index < -0.39 is 0 Å². The Balaban J connectivity index is 2.46. The van der Waals surface area contributed by atoms with Gasteiger partial charge in [-0.1, -0.05) is 5.16 Å². The molecule has 0 radical (unpaired) electrons. The fraction of sp³-hybridized carbons (Fsp3) is 0.600. The molecule has 1 rings (SSSR count). The number of hydrogen-bond donors (Lipinski definition) is 2. The van der Waals surface area contributed by atoms with E-state index in [1.54, 1.807) is 6.92 Å². The molecule has 0 fully saturated rings. The van der Waals surface area contributed by atoms with Gasteiger partial charge in [0.25, 0.3) is 5.91 Å². The Morgan fingerprint density at radius 3 is 3.00 bits per heavy atom. The lowest BCUT2D eigenvalue weighted by molar-refractivity contribution is 0.0898. The molecule has 15 heavy (non-hydrogen) atoms. The molecule has 1 unspecified atom stereocenters. The smallest absolute Gasteiger partial charge is 0.290 e. The Labute approximate surface area is 88.5 Å². The third kappa shape index (κ3) is 3.36. The van der Waals surface area contributed by atoms with Crippen molar-refractivity contribution in [1.29, 1.82) is 0 Å². The van der Waals surface area contributed by atoms with E-state index in [9.17, 15) is 4.79 Å². The number of aliphatic hydroxyl groups excluding tert-OH is 1. The van der Waals surface area contributed by atoms with Crippen molar-refractivity contribution in [2.24, 2.45) is 0 Å². The number of aliphatic hydroxyl groups is 1. The molecule has 1 amide bonds. The van der Waals surface area contributed by atoms with Crippen LogP contribution in [0.2, 0.25) is 0 Å². The number of carbonyl (C=O) groups is 1. The molecule has 0 aliphatic rings. The summed E-state index contributed by atoms with van der Waals surface area (Å²) in [4.78, 5) is 11.6. The molecule has 0 bridgehead atoms. The number of nitrogens with one attached hydrogen (secondary N) is 1. The van der Waals surface area contributed by atoms with Gasteiger partial charge in [0.15, 0.2) is 0 Å². The van der Waals surface area contributed by atoms with E-state index in [2.05, 4.69) is 10.5 Å². The minimum atomic E-state index is -0.254. The maximum atomic E-state index is 11.6. The highest BCUT2D eigenvalue weighted by Gasteiger charge is 2.15. The molecule has 0 saturated heterocycles. The van der Waals surface area contributed by atoms with Crippen molar-refractivity contribution in [3.63, 3.8) is 0 Å². The van der Waals surface area contributed by atoms with Crippen LogP contribution in [-0.2, 0) is 0 Å². The fourth-order valence-electron chi connectivity index (χ4n) is 1.27. The molecule has 5 nitrogen and oxygen atoms in total. The second kappa shape index (κ2) is 5.50. The first-order valence-electron chi connectivity index (χ1n) is 4.98. The van der Waals surface area contributed by atoms with E-state index in [1.807, 2.05) is 6.92 Å². The molecule has 0 aromatic carbocycles. The topological polar surface area (TPSA) is 75.4 Å². The van der Waals surface area contributed by atoms with Crippen LogP contribution in [0.4, 0.5) is 0 Å². The highest BCUT2D eigenvalue weighted by atomic mass is 16.5. The quantitative estimate of drug-likeness (QED) is 0.759. The highest BCUT2D eigenvalue weighted by Crippen LogP contribution is 2.06. The Bertz CT molecular complexity index is 322. The van der Waals surface area contributed by atoms with Crippen LogP contribution in [-0.4, -0.2) is 28.8 Å². The van der Waals surface area contributed by atoms with Crippen LogP contribution in [0.25, 0.3) is 0 Å². The molecule has 1 aromatic heterocycles. The minimum absolute atomic E-state index is 0.0224. The summed E-state index contributed by atoms with van der Waals surface area (Å²) in [5.74, 6) is 0.00119. The molecule has 0 aliphatic carbocycles. The summed E-state index contributed by atoms with van der Waals surface area (Å²) in [6.45, 7) is 3.80. The van der Waals surface area contributed by atoms with Crippen LogP contribution in [0.15, 0.2) is 10.7 Å². The summed E-state index contributed by atoms with van der Waals surface area (Å²) < 4.78 is 4.82. The third-order valence-electron chi connectivity index (χ3n) is 2.13. The maximum Gasteiger partial charge on any atom is 0.290 e. The number of carbonyl (C=O) groups excluding carboxylic acids is 1. The maximum absolute atomic E-state index is 11.6. The normalized spacial score (nSPS) is 12.5. The van der Waals surface area contributed by atoms with Crippen LogP contribution >= 0.6 is 0 Å². The molecular weight excluding hydrogens is 196 g/mol. The molecule has 0 aliphatic heterocycles. The van der Waals surface area contributed by atoms with Gasteiger partial charge in [-0.15, -0.1) is 0 Å². The van der Waals surface area contributed by atoms with Crippen LogP contribution < -0.4 is 5.32 Å². The Kier molecular flexibility index (Phi) is 4.30. The van der Waals surface area contributed by atoms with Gasteiger partial charge in [0.1, 0.15) is 0 Å². The second-order valence-corrected chi connectivity index (χ2v) is 3.58. The molecule has 2 N–H and O–H groups in total. The van der Waals surface area contributed by atoms with Gasteiger partial charge in [0.2, 0.25) is 5.76 Å². The molecule has 1 atom stereocenters. The van der Waals surface area contributed by atoms with Gasteiger partial charge in [0.05, 0.1) is 6.20 Å². The summed E-state index contributed by atoms with van der Waals surface area (Å²) >= 11 is 0. The van der Waals surface area contributed by atoms with E-state index >= 15 is 0 Å². The number of aryl methyl sites for hydroxylation is 1. The van der Waals surface area contributed by atoms with Crippen molar-refractivity contribution in [2.75, 3.05) is 6.61 Å². The van der Waals surface area contributed by atoms with Crippen molar-refractivity contribution < 1.29 is 14.4 Å². The standard InChI is InChI=1S/C10H16N2O3/c1-7-6-11-15-9(7)10(14)12-8(2)4-3-5-13/h6,8,13H,3-5H2,1-2H3,(H,12,14). The number of aromatic nitrogens is 1. The third-order valence-corrected chi connectivity index (χ3v) is 2.13. The molecule has 5 heteroatoms. The zero-order chi connectivity index (χ0) is 11.3. The fourth-order valence-corrected chi connectivity index (χ4v) is 1.27. The van der Waals surface area contributed by atoms with E-state index in [0.29, 0.717) is 6.42 Å². The molecular formula is C10H16N2O3. The van der Waals surface area contributed by atoms with E-state index in [4.69, 9.17) is 9.63 Å². The van der Waals surface area contributed by atoms with Crippen molar-refractivity contribution in [2.45, 2.75) is 32.7 Å². The van der Waals surface area contributed by atoms with Gasteiger partial charge in [-0.25, -0.2) is 0 Å². The average molecular weight is 212 g/mol. The Morgan fingerprint density at radius 2 is 2.47 bits per heavy atom. The number of rotatable bonds is 5. The van der Waals surface area contributed by atoms with Crippen molar-refractivity contribution in [3.8, 4) is 0 Å².